The molecule has 34 heavy (non-hydrogen) atoms. The number of carbonyl (C=O) groups is 2. The number of hydrogen-bond acceptors (Lipinski definition) is 4. The van der Waals surface area contributed by atoms with Gasteiger partial charge in [-0.2, -0.15) is 0 Å². The number of anilines is 3. The van der Waals surface area contributed by atoms with Gasteiger partial charge >= 0.3 is 11.8 Å². The summed E-state index contributed by atoms with van der Waals surface area (Å²) in [5, 5.41) is 4.87. The van der Waals surface area contributed by atoms with E-state index in [-0.39, 0.29) is 18.3 Å². The smallest absolute Gasteiger partial charge is 0.313 e. The first-order valence-electron chi connectivity index (χ1n) is 11.0. The SMILES string of the molecule is CN(C)c1ccc(C(CNC(=O)C(=O)Nc2ccc(F)cc2F)N2CCc3ccccc32)cc1. The molecule has 6 nitrogen and oxygen atoms in total. The van der Waals surface area contributed by atoms with Crippen LogP contribution in [0.2, 0.25) is 0 Å². The van der Waals surface area contributed by atoms with E-state index in [9.17, 15) is 18.4 Å². The summed E-state index contributed by atoms with van der Waals surface area (Å²) in [7, 11) is 3.93. The number of carbonyl (C=O) groups excluding carboxylic acids is 2. The average Bonchev–Trinajstić information content (AvgIpc) is 3.25. The van der Waals surface area contributed by atoms with Gasteiger partial charge in [-0.1, -0.05) is 30.3 Å². The van der Waals surface area contributed by atoms with E-state index in [0.717, 1.165) is 42.0 Å². The standard InChI is InChI=1S/C26H26F2N4O2/c1-31(2)20-10-7-18(8-11-20)24(32-14-13-17-5-3-4-6-23(17)32)16-29-25(33)26(34)30-22-12-9-19(27)15-21(22)28/h3-12,15,24H,13-14,16H2,1-2H3,(H,29,33)(H,30,34). The van der Waals surface area contributed by atoms with Crippen LogP contribution in [0.15, 0.2) is 66.7 Å². The molecular formula is C26H26F2N4O2. The minimum Gasteiger partial charge on any atom is -0.378 e. The summed E-state index contributed by atoms with van der Waals surface area (Å²) in [6.07, 6.45) is 0.890. The summed E-state index contributed by atoms with van der Waals surface area (Å²) in [4.78, 5) is 29.1. The van der Waals surface area contributed by atoms with Crippen LogP contribution in [0.4, 0.5) is 25.8 Å². The van der Waals surface area contributed by atoms with Crippen molar-refractivity contribution in [3.63, 3.8) is 0 Å². The summed E-state index contributed by atoms with van der Waals surface area (Å²) in [5.74, 6) is -3.64. The number of para-hydroxylation sites is 1. The zero-order chi connectivity index (χ0) is 24.2. The molecule has 0 bridgehead atoms. The van der Waals surface area contributed by atoms with Crippen LogP contribution in [0.25, 0.3) is 0 Å². The van der Waals surface area contributed by atoms with Crippen molar-refractivity contribution < 1.29 is 18.4 Å². The van der Waals surface area contributed by atoms with Crippen LogP contribution < -0.4 is 20.4 Å². The lowest BCUT2D eigenvalue weighted by Gasteiger charge is -2.31. The van der Waals surface area contributed by atoms with Gasteiger partial charge in [0.15, 0.2) is 0 Å². The monoisotopic (exact) mass is 464 g/mol. The molecule has 4 rings (SSSR count). The van der Waals surface area contributed by atoms with Gasteiger partial charge in [0.2, 0.25) is 0 Å². The van der Waals surface area contributed by atoms with E-state index in [1.54, 1.807) is 0 Å². The second kappa shape index (κ2) is 9.91. The molecule has 176 valence electrons. The van der Waals surface area contributed by atoms with Gasteiger partial charge in [-0.3, -0.25) is 9.59 Å². The Morgan fingerprint density at radius 2 is 1.74 bits per heavy atom. The van der Waals surface area contributed by atoms with Crippen LogP contribution in [0.1, 0.15) is 17.2 Å². The molecule has 1 unspecified atom stereocenters. The Balaban J connectivity index is 1.51. The van der Waals surface area contributed by atoms with Gasteiger partial charge < -0.3 is 20.4 Å². The molecule has 3 aromatic rings. The summed E-state index contributed by atoms with van der Waals surface area (Å²) >= 11 is 0. The van der Waals surface area contributed by atoms with Crippen LogP contribution in [0.5, 0.6) is 0 Å². The van der Waals surface area contributed by atoms with Crippen molar-refractivity contribution in [2.45, 2.75) is 12.5 Å². The van der Waals surface area contributed by atoms with Crippen LogP contribution in [-0.4, -0.2) is 39.0 Å². The van der Waals surface area contributed by atoms with Gasteiger partial charge in [0.25, 0.3) is 0 Å². The predicted molar refractivity (Wildman–Crippen MR) is 129 cm³/mol. The number of rotatable bonds is 6. The minimum atomic E-state index is -1.02. The fourth-order valence-corrected chi connectivity index (χ4v) is 4.13. The molecule has 3 aromatic carbocycles. The Morgan fingerprint density at radius 1 is 1.00 bits per heavy atom. The van der Waals surface area contributed by atoms with Gasteiger partial charge in [-0.15, -0.1) is 0 Å². The number of benzene rings is 3. The third kappa shape index (κ3) is 5.01. The highest BCUT2D eigenvalue weighted by Crippen LogP contribution is 2.35. The molecule has 2 amide bonds. The second-order valence-corrected chi connectivity index (χ2v) is 8.36. The first kappa shape index (κ1) is 23.2. The Kier molecular flexibility index (Phi) is 6.77. The number of nitrogens with one attached hydrogen (secondary N) is 2. The summed E-state index contributed by atoms with van der Waals surface area (Å²) in [6.45, 7) is 0.954. The van der Waals surface area contributed by atoms with Gasteiger partial charge in [-0.05, 0) is 47.9 Å². The van der Waals surface area contributed by atoms with Crippen LogP contribution in [-0.2, 0) is 16.0 Å². The summed E-state index contributed by atoms with van der Waals surface area (Å²) < 4.78 is 26.9. The maximum atomic E-state index is 13.8. The van der Waals surface area contributed by atoms with Crippen LogP contribution in [0, 0.1) is 11.6 Å². The first-order valence-corrected chi connectivity index (χ1v) is 11.0. The molecule has 0 saturated heterocycles. The van der Waals surface area contributed by atoms with Gasteiger partial charge in [0.1, 0.15) is 11.6 Å². The largest absolute Gasteiger partial charge is 0.378 e. The Morgan fingerprint density at radius 3 is 2.44 bits per heavy atom. The number of halogens is 2. The average molecular weight is 465 g/mol. The highest BCUT2D eigenvalue weighted by atomic mass is 19.1. The molecular weight excluding hydrogens is 438 g/mol. The van der Waals surface area contributed by atoms with Gasteiger partial charge in [0.05, 0.1) is 11.7 Å². The number of amides is 2. The molecule has 1 aliphatic heterocycles. The topological polar surface area (TPSA) is 64.7 Å². The van der Waals surface area contributed by atoms with E-state index < -0.39 is 23.4 Å². The summed E-state index contributed by atoms with van der Waals surface area (Å²) in [5.41, 5.74) is 4.11. The number of nitrogens with zero attached hydrogens (tertiary/aromatic N) is 2. The molecule has 0 aromatic heterocycles. The predicted octanol–water partition coefficient (Wildman–Crippen LogP) is 3.89. The Hall–Kier alpha value is -3.94. The quantitative estimate of drug-likeness (QED) is 0.544. The fraction of sp³-hybridized carbons (Fsp3) is 0.231. The van der Waals surface area contributed by atoms with Gasteiger partial charge in [-0.25, -0.2) is 8.78 Å². The molecule has 0 radical (unpaired) electrons. The van der Waals surface area contributed by atoms with Crippen molar-refractivity contribution in [3.05, 3.63) is 89.5 Å². The van der Waals surface area contributed by atoms with E-state index in [4.69, 9.17) is 0 Å². The third-order valence-corrected chi connectivity index (χ3v) is 5.94. The van der Waals surface area contributed by atoms with Crippen LogP contribution in [0.3, 0.4) is 0 Å². The molecule has 1 aliphatic rings. The van der Waals surface area contributed by atoms with Gasteiger partial charge in [0, 0.05) is 44.6 Å². The molecule has 0 aliphatic carbocycles. The van der Waals surface area contributed by atoms with E-state index in [1.807, 2.05) is 55.4 Å². The zero-order valence-electron chi connectivity index (χ0n) is 19.0. The zero-order valence-corrected chi connectivity index (χ0v) is 19.0. The van der Waals surface area contributed by atoms with E-state index in [0.29, 0.717) is 6.07 Å². The highest BCUT2D eigenvalue weighted by molar-refractivity contribution is 6.39. The molecule has 1 atom stereocenters. The first-order chi connectivity index (χ1) is 16.3. The van der Waals surface area contributed by atoms with Crippen molar-refractivity contribution in [2.24, 2.45) is 0 Å². The molecule has 2 N–H and O–H groups in total. The normalized spacial score (nSPS) is 13.2. The Bertz CT molecular complexity index is 1200. The number of fused-ring (bicyclic) bond motifs is 1. The minimum absolute atomic E-state index is 0.174. The molecule has 1 heterocycles. The number of hydrogen-bond donors (Lipinski definition) is 2. The second-order valence-electron chi connectivity index (χ2n) is 8.36. The van der Waals surface area contributed by atoms with Crippen LogP contribution >= 0.6 is 0 Å². The summed E-state index contributed by atoms with van der Waals surface area (Å²) in [6, 6.07) is 18.7. The molecule has 0 spiro atoms. The highest BCUT2D eigenvalue weighted by Gasteiger charge is 2.28. The van der Waals surface area contributed by atoms with Crippen molar-refractivity contribution in [2.75, 3.05) is 42.3 Å². The Labute approximate surface area is 197 Å². The molecule has 8 heteroatoms. The fourth-order valence-electron chi connectivity index (χ4n) is 4.13. The van der Waals surface area contributed by atoms with Crippen molar-refractivity contribution >= 4 is 28.9 Å². The van der Waals surface area contributed by atoms with E-state index in [2.05, 4.69) is 27.7 Å². The molecule has 0 fully saturated rings. The third-order valence-electron chi connectivity index (χ3n) is 5.94. The lowest BCUT2D eigenvalue weighted by Crippen LogP contribution is -2.42. The van der Waals surface area contributed by atoms with Crippen molar-refractivity contribution in [3.8, 4) is 0 Å². The lowest BCUT2D eigenvalue weighted by atomic mass is 10.0. The van der Waals surface area contributed by atoms with Crippen molar-refractivity contribution in [1.29, 1.82) is 0 Å². The maximum Gasteiger partial charge on any atom is 0.313 e. The van der Waals surface area contributed by atoms with Crippen molar-refractivity contribution in [1.82, 2.24) is 5.32 Å². The van der Waals surface area contributed by atoms with E-state index in [1.165, 1.54) is 5.56 Å². The lowest BCUT2D eigenvalue weighted by molar-refractivity contribution is -0.136. The molecule has 0 saturated carbocycles. The van der Waals surface area contributed by atoms with E-state index >= 15 is 0 Å². The maximum absolute atomic E-state index is 13.8.